The molecule has 0 fully saturated rings. The van der Waals surface area contributed by atoms with E-state index in [1.54, 1.807) is 18.3 Å². The Bertz CT molecular complexity index is 596. The first-order chi connectivity index (χ1) is 9.10. The minimum Gasteiger partial charge on any atom is -0.486 e. The Balaban J connectivity index is 2.13. The first-order valence-electron chi connectivity index (χ1n) is 5.74. The molecular weight excluding hydrogens is 262 g/mol. The average Bonchev–Trinajstić information content (AvgIpc) is 2.41. The Hall–Kier alpha value is -2.07. The van der Waals surface area contributed by atoms with Crippen molar-refractivity contribution in [3.8, 4) is 5.75 Å². The molecule has 2 aromatic rings. The predicted octanol–water partition coefficient (Wildman–Crippen LogP) is 3.20. The molecule has 0 saturated carbocycles. The SMILES string of the molecule is Cc1ccc(COc2cc(N)c(C=N)cc2Cl)nc1. The summed E-state index contributed by atoms with van der Waals surface area (Å²) in [4.78, 5) is 4.24. The summed E-state index contributed by atoms with van der Waals surface area (Å²) in [7, 11) is 0. The number of halogens is 1. The van der Waals surface area contributed by atoms with Gasteiger partial charge in [-0.3, -0.25) is 4.98 Å². The van der Waals surface area contributed by atoms with Crippen molar-refractivity contribution >= 4 is 23.5 Å². The molecule has 0 bridgehead atoms. The van der Waals surface area contributed by atoms with Crippen LogP contribution in [-0.4, -0.2) is 11.2 Å². The van der Waals surface area contributed by atoms with Crippen LogP contribution >= 0.6 is 11.6 Å². The van der Waals surface area contributed by atoms with Crippen LogP contribution in [-0.2, 0) is 6.61 Å². The summed E-state index contributed by atoms with van der Waals surface area (Å²) in [5.41, 5.74) is 8.74. The number of nitrogens with zero attached hydrogens (tertiary/aromatic N) is 1. The van der Waals surface area contributed by atoms with Gasteiger partial charge in [0.05, 0.1) is 10.7 Å². The first-order valence-corrected chi connectivity index (χ1v) is 6.12. The summed E-state index contributed by atoms with van der Waals surface area (Å²) in [6, 6.07) is 7.11. The number of hydrogen-bond acceptors (Lipinski definition) is 4. The second-order valence-corrected chi connectivity index (χ2v) is 4.58. The maximum Gasteiger partial charge on any atom is 0.140 e. The van der Waals surface area contributed by atoms with Gasteiger partial charge in [0.15, 0.2) is 0 Å². The molecule has 3 N–H and O–H groups in total. The van der Waals surface area contributed by atoms with Gasteiger partial charge in [-0.2, -0.15) is 0 Å². The quantitative estimate of drug-likeness (QED) is 0.665. The van der Waals surface area contributed by atoms with Crippen molar-refractivity contribution in [2.75, 3.05) is 5.73 Å². The lowest BCUT2D eigenvalue weighted by atomic mass is 10.2. The highest BCUT2D eigenvalue weighted by Crippen LogP contribution is 2.29. The summed E-state index contributed by atoms with van der Waals surface area (Å²) in [5.74, 6) is 0.493. The molecular formula is C14H14ClN3O. The van der Waals surface area contributed by atoms with Gasteiger partial charge in [0.1, 0.15) is 12.4 Å². The van der Waals surface area contributed by atoms with Crippen LogP contribution in [0.1, 0.15) is 16.8 Å². The van der Waals surface area contributed by atoms with Gasteiger partial charge < -0.3 is 15.9 Å². The third-order valence-corrected chi connectivity index (χ3v) is 2.94. The zero-order valence-electron chi connectivity index (χ0n) is 10.5. The van der Waals surface area contributed by atoms with E-state index in [4.69, 9.17) is 27.5 Å². The Morgan fingerprint density at radius 3 is 2.84 bits per heavy atom. The summed E-state index contributed by atoms with van der Waals surface area (Å²) < 4.78 is 5.59. The second kappa shape index (κ2) is 5.71. The van der Waals surface area contributed by atoms with Gasteiger partial charge in [-0.15, -0.1) is 0 Å². The molecule has 0 aliphatic rings. The molecule has 0 amide bonds. The van der Waals surface area contributed by atoms with Gasteiger partial charge in [0.2, 0.25) is 0 Å². The normalized spacial score (nSPS) is 10.2. The number of aromatic nitrogens is 1. The number of nitrogen functional groups attached to an aromatic ring is 1. The predicted molar refractivity (Wildman–Crippen MR) is 77.1 cm³/mol. The molecule has 98 valence electrons. The smallest absolute Gasteiger partial charge is 0.140 e. The van der Waals surface area contributed by atoms with E-state index in [0.717, 1.165) is 17.5 Å². The van der Waals surface area contributed by atoms with Gasteiger partial charge >= 0.3 is 0 Å². The number of nitrogens with one attached hydrogen (secondary N) is 1. The molecule has 2 rings (SSSR count). The van der Waals surface area contributed by atoms with Crippen LogP contribution in [0.3, 0.4) is 0 Å². The van der Waals surface area contributed by atoms with E-state index in [0.29, 0.717) is 28.6 Å². The third kappa shape index (κ3) is 3.23. The van der Waals surface area contributed by atoms with Gasteiger partial charge in [-0.05, 0) is 24.6 Å². The minimum atomic E-state index is 0.323. The molecule has 0 aliphatic carbocycles. The Morgan fingerprint density at radius 1 is 1.42 bits per heavy atom. The second-order valence-electron chi connectivity index (χ2n) is 4.17. The number of pyridine rings is 1. The average molecular weight is 276 g/mol. The molecule has 1 aromatic carbocycles. The molecule has 4 nitrogen and oxygen atoms in total. The van der Waals surface area contributed by atoms with Crippen molar-refractivity contribution in [2.45, 2.75) is 13.5 Å². The lowest BCUT2D eigenvalue weighted by Gasteiger charge is -2.10. The van der Waals surface area contributed by atoms with Gasteiger partial charge in [0.25, 0.3) is 0 Å². The standard InChI is InChI=1S/C14H14ClN3O/c1-9-2-3-11(18-7-9)8-19-14-5-13(17)10(6-16)4-12(14)15/h2-7,16H,8,17H2,1H3. The van der Waals surface area contributed by atoms with E-state index in [2.05, 4.69) is 4.98 Å². The van der Waals surface area contributed by atoms with E-state index in [9.17, 15) is 0 Å². The monoisotopic (exact) mass is 275 g/mol. The fourth-order valence-corrected chi connectivity index (χ4v) is 1.78. The van der Waals surface area contributed by atoms with Crippen LogP contribution in [0.2, 0.25) is 5.02 Å². The van der Waals surface area contributed by atoms with E-state index in [-0.39, 0.29) is 0 Å². The lowest BCUT2D eigenvalue weighted by molar-refractivity contribution is 0.301. The van der Waals surface area contributed by atoms with Crippen molar-refractivity contribution in [2.24, 2.45) is 0 Å². The van der Waals surface area contributed by atoms with Gasteiger partial charge in [0, 0.05) is 29.7 Å². The first kappa shape index (κ1) is 13.4. The Labute approximate surface area is 116 Å². The fraction of sp³-hybridized carbons (Fsp3) is 0.143. The molecule has 0 unspecified atom stereocenters. The number of hydrogen-bond donors (Lipinski definition) is 2. The molecule has 0 aliphatic heterocycles. The maximum absolute atomic E-state index is 7.19. The minimum absolute atomic E-state index is 0.323. The molecule has 0 saturated heterocycles. The van der Waals surface area contributed by atoms with Crippen molar-refractivity contribution < 1.29 is 4.74 Å². The van der Waals surface area contributed by atoms with E-state index in [1.165, 1.54) is 0 Å². The van der Waals surface area contributed by atoms with Gasteiger partial charge in [-0.25, -0.2) is 0 Å². The third-order valence-electron chi connectivity index (χ3n) is 2.64. The van der Waals surface area contributed by atoms with Gasteiger partial charge in [-0.1, -0.05) is 17.7 Å². The number of nitrogens with two attached hydrogens (primary N) is 1. The topological polar surface area (TPSA) is 72.0 Å². The summed E-state index contributed by atoms with van der Waals surface area (Å²) in [6.45, 7) is 2.30. The van der Waals surface area contributed by atoms with Crippen LogP contribution < -0.4 is 10.5 Å². The highest BCUT2D eigenvalue weighted by atomic mass is 35.5. The molecule has 1 heterocycles. The number of rotatable bonds is 4. The number of benzene rings is 1. The summed E-state index contributed by atoms with van der Waals surface area (Å²) >= 11 is 6.07. The molecule has 1 aromatic heterocycles. The molecule has 0 atom stereocenters. The molecule has 0 radical (unpaired) electrons. The van der Waals surface area contributed by atoms with Crippen LogP contribution in [0.25, 0.3) is 0 Å². The molecule has 5 heteroatoms. The number of anilines is 1. The number of ether oxygens (including phenoxy) is 1. The Kier molecular flexibility index (Phi) is 4.02. The summed E-state index contributed by atoms with van der Waals surface area (Å²) in [6.07, 6.45) is 2.94. The highest BCUT2D eigenvalue weighted by Gasteiger charge is 2.07. The fourth-order valence-electron chi connectivity index (χ4n) is 1.56. The van der Waals surface area contributed by atoms with Crippen molar-refractivity contribution in [3.63, 3.8) is 0 Å². The highest BCUT2D eigenvalue weighted by molar-refractivity contribution is 6.32. The van der Waals surface area contributed by atoms with Crippen LogP contribution in [0.4, 0.5) is 5.69 Å². The van der Waals surface area contributed by atoms with E-state index < -0.39 is 0 Å². The summed E-state index contributed by atoms with van der Waals surface area (Å²) in [5, 5.41) is 7.62. The van der Waals surface area contributed by atoms with Crippen molar-refractivity contribution in [1.82, 2.24) is 4.98 Å². The van der Waals surface area contributed by atoms with Crippen molar-refractivity contribution in [1.29, 1.82) is 5.41 Å². The largest absolute Gasteiger partial charge is 0.486 e. The Morgan fingerprint density at radius 2 is 2.21 bits per heavy atom. The van der Waals surface area contributed by atoms with Crippen LogP contribution in [0.15, 0.2) is 30.5 Å². The van der Waals surface area contributed by atoms with E-state index >= 15 is 0 Å². The molecule has 0 spiro atoms. The lowest BCUT2D eigenvalue weighted by Crippen LogP contribution is -2.00. The van der Waals surface area contributed by atoms with Crippen molar-refractivity contribution in [3.05, 3.63) is 52.3 Å². The van der Waals surface area contributed by atoms with Crippen LogP contribution in [0.5, 0.6) is 5.75 Å². The zero-order valence-corrected chi connectivity index (χ0v) is 11.2. The zero-order chi connectivity index (χ0) is 13.8. The van der Waals surface area contributed by atoms with Crippen LogP contribution in [0, 0.1) is 12.3 Å². The molecule has 19 heavy (non-hydrogen) atoms. The van der Waals surface area contributed by atoms with E-state index in [1.807, 2.05) is 19.1 Å². The maximum atomic E-state index is 7.19. The number of aryl methyl sites for hydroxylation is 1.